The summed E-state index contributed by atoms with van der Waals surface area (Å²) in [4.78, 5) is 43.8. The van der Waals surface area contributed by atoms with E-state index in [-0.39, 0.29) is 42.3 Å². The minimum Gasteiger partial charge on any atom is -0.466 e. The third-order valence-electron chi connectivity index (χ3n) is 7.56. The molecule has 5 rings (SSSR count). The van der Waals surface area contributed by atoms with Gasteiger partial charge in [-0.25, -0.2) is 0 Å². The lowest BCUT2D eigenvalue weighted by molar-refractivity contribution is -0.148. The van der Waals surface area contributed by atoms with E-state index >= 15 is 0 Å². The number of rotatable bonds is 8. The number of hydrogen-bond acceptors (Lipinski definition) is 10. The first-order valence-corrected chi connectivity index (χ1v) is 15.2. The fraction of sp³-hybridized carbons (Fsp3) is 0.433. The molecule has 1 aromatic heterocycles. The molecule has 1 amide bonds. The first-order valence-electron chi connectivity index (χ1n) is 14.0. The summed E-state index contributed by atoms with van der Waals surface area (Å²) in [6.45, 7) is 7.56. The Bertz CT molecular complexity index is 1580. The Morgan fingerprint density at radius 1 is 1.26 bits per heavy atom. The zero-order chi connectivity index (χ0) is 30.0. The molecule has 0 radical (unpaired) electrons. The van der Waals surface area contributed by atoms with Crippen LogP contribution in [0.25, 0.3) is 6.08 Å². The average molecular weight is 609 g/mol. The Hall–Kier alpha value is -3.82. The third-order valence-corrected chi connectivity index (χ3v) is 8.94. The van der Waals surface area contributed by atoms with Gasteiger partial charge in [0.05, 0.1) is 24.0 Å². The minimum absolute atomic E-state index is 0.0354. The normalized spacial score (nSPS) is 19.0. The van der Waals surface area contributed by atoms with Gasteiger partial charge in [-0.15, -0.1) is 0 Å². The molecule has 2 saturated heterocycles. The number of aromatic nitrogens is 1. The predicted octanol–water partition coefficient (Wildman–Crippen LogP) is 4.35. The molecule has 2 aromatic rings. The van der Waals surface area contributed by atoms with E-state index in [1.54, 1.807) is 24.5 Å². The summed E-state index contributed by atoms with van der Waals surface area (Å²) in [6, 6.07) is 7.59. The summed E-state index contributed by atoms with van der Waals surface area (Å²) in [5, 5.41) is 9.94. The van der Waals surface area contributed by atoms with Gasteiger partial charge in [0.1, 0.15) is 21.8 Å². The van der Waals surface area contributed by atoms with Crippen LogP contribution in [0.1, 0.15) is 55.4 Å². The maximum atomic E-state index is 13.7. The van der Waals surface area contributed by atoms with Gasteiger partial charge < -0.3 is 19.1 Å². The fourth-order valence-corrected chi connectivity index (χ4v) is 6.76. The van der Waals surface area contributed by atoms with Crippen molar-refractivity contribution in [2.45, 2.75) is 53.1 Å². The van der Waals surface area contributed by atoms with Crippen molar-refractivity contribution < 1.29 is 23.8 Å². The van der Waals surface area contributed by atoms with Crippen molar-refractivity contribution in [1.82, 2.24) is 9.47 Å². The summed E-state index contributed by atoms with van der Waals surface area (Å²) in [7, 11) is 0. The van der Waals surface area contributed by atoms with E-state index in [4.69, 9.17) is 26.4 Å². The molecular weight excluding hydrogens is 576 g/mol. The van der Waals surface area contributed by atoms with Gasteiger partial charge in [-0.3, -0.25) is 23.9 Å². The summed E-state index contributed by atoms with van der Waals surface area (Å²) < 4.78 is 18.2. The van der Waals surface area contributed by atoms with E-state index in [2.05, 4.69) is 6.07 Å². The molecule has 220 valence electrons. The second kappa shape index (κ2) is 12.6. The molecule has 0 spiro atoms. The van der Waals surface area contributed by atoms with E-state index in [0.717, 1.165) is 12.0 Å². The molecule has 0 bridgehead atoms. The Morgan fingerprint density at radius 2 is 2.05 bits per heavy atom. The Balaban J connectivity index is 1.55. The number of amides is 1. The summed E-state index contributed by atoms with van der Waals surface area (Å²) in [6.07, 6.45) is 3.83. The van der Waals surface area contributed by atoms with Gasteiger partial charge in [-0.2, -0.15) is 5.26 Å². The molecule has 12 heteroatoms. The van der Waals surface area contributed by atoms with E-state index < -0.39 is 0 Å². The molecule has 1 aromatic carbocycles. The third kappa shape index (κ3) is 5.63. The van der Waals surface area contributed by atoms with E-state index in [9.17, 15) is 19.6 Å². The molecule has 0 N–H and O–H groups in total. The minimum atomic E-state index is -0.377. The molecule has 2 fully saturated rings. The van der Waals surface area contributed by atoms with Gasteiger partial charge in [0.25, 0.3) is 11.5 Å². The summed E-state index contributed by atoms with van der Waals surface area (Å²) >= 11 is 6.79. The topological polar surface area (TPSA) is 114 Å². The first-order chi connectivity index (χ1) is 20.3. The van der Waals surface area contributed by atoms with Crippen LogP contribution in [0.3, 0.4) is 0 Å². The van der Waals surface area contributed by atoms with E-state index in [1.165, 1.54) is 16.7 Å². The molecule has 3 aliphatic rings. The number of thioether (sulfide) groups is 1. The van der Waals surface area contributed by atoms with Crippen molar-refractivity contribution in [2.75, 3.05) is 31.4 Å². The number of esters is 1. The highest BCUT2D eigenvalue weighted by Gasteiger charge is 2.35. The number of hydrogen-bond donors (Lipinski definition) is 0. The number of ether oxygens (including phenoxy) is 3. The summed E-state index contributed by atoms with van der Waals surface area (Å²) in [5.41, 5.74) is 1.60. The van der Waals surface area contributed by atoms with Gasteiger partial charge in [-0.1, -0.05) is 37.0 Å². The molecule has 42 heavy (non-hydrogen) atoms. The van der Waals surface area contributed by atoms with Crippen molar-refractivity contribution in [2.24, 2.45) is 5.92 Å². The number of thiocarbonyl (C=S) groups is 1. The summed E-state index contributed by atoms with van der Waals surface area (Å²) in [5.74, 6) is 1.02. The maximum Gasteiger partial charge on any atom is 0.310 e. The number of pyridine rings is 1. The van der Waals surface area contributed by atoms with Crippen molar-refractivity contribution in [3.8, 4) is 17.6 Å². The van der Waals surface area contributed by atoms with Gasteiger partial charge >= 0.3 is 5.97 Å². The number of piperidine rings is 1. The van der Waals surface area contributed by atoms with Crippen LogP contribution in [0.2, 0.25) is 0 Å². The molecule has 1 unspecified atom stereocenters. The first kappa shape index (κ1) is 29.7. The van der Waals surface area contributed by atoms with Crippen molar-refractivity contribution in [1.29, 1.82) is 5.26 Å². The lowest BCUT2D eigenvalue weighted by Crippen LogP contribution is -2.43. The van der Waals surface area contributed by atoms with Crippen LogP contribution in [0.15, 0.2) is 27.9 Å². The number of anilines is 1. The maximum absolute atomic E-state index is 13.7. The zero-order valence-electron chi connectivity index (χ0n) is 23.8. The van der Waals surface area contributed by atoms with Gasteiger partial charge in [0, 0.05) is 25.2 Å². The lowest BCUT2D eigenvalue weighted by atomic mass is 9.96. The van der Waals surface area contributed by atoms with Crippen LogP contribution in [-0.4, -0.2) is 52.2 Å². The number of carbonyl (C=O) groups excluding carboxylic acids is 2. The smallest absolute Gasteiger partial charge is 0.310 e. The largest absolute Gasteiger partial charge is 0.466 e. The highest BCUT2D eigenvalue weighted by molar-refractivity contribution is 8.26. The monoisotopic (exact) mass is 608 g/mol. The molecule has 3 aliphatic heterocycles. The highest BCUT2D eigenvalue weighted by atomic mass is 32.2. The molecule has 0 saturated carbocycles. The second-order valence-corrected chi connectivity index (χ2v) is 12.0. The molecule has 10 nitrogen and oxygen atoms in total. The van der Waals surface area contributed by atoms with Crippen LogP contribution >= 0.6 is 24.0 Å². The van der Waals surface area contributed by atoms with Crippen LogP contribution < -0.4 is 19.9 Å². The van der Waals surface area contributed by atoms with Crippen molar-refractivity contribution in [3.63, 3.8) is 0 Å². The van der Waals surface area contributed by atoms with Crippen LogP contribution in [-0.2, 0) is 27.4 Å². The fourth-order valence-electron chi connectivity index (χ4n) is 5.53. The molecular formula is C30H32N4O6S2. The van der Waals surface area contributed by atoms with Gasteiger partial charge in [0.2, 0.25) is 6.79 Å². The highest BCUT2D eigenvalue weighted by Crippen LogP contribution is 2.39. The molecule has 1 atom stereocenters. The zero-order valence-corrected chi connectivity index (χ0v) is 25.4. The number of nitriles is 1. The van der Waals surface area contributed by atoms with Gasteiger partial charge in [-0.05, 0) is 62.4 Å². The Labute approximate surface area is 253 Å². The van der Waals surface area contributed by atoms with Crippen molar-refractivity contribution in [3.05, 3.63) is 55.7 Å². The van der Waals surface area contributed by atoms with Crippen LogP contribution in [0, 0.1) is 24.2 Å². The molecule has 4 heterocycles. The average Bonchev–Trinajstić information content (AvgIpc) is 3.55. The SMILES string of the molecule is CCCn1c(N2CCCC(C(=O)OCC)C2)c(C=C2SC(=S)N(Cc3ccc4c(c3)OCO4)C2=O)c(C)c(C#N)c1=O. The predicted molar refractivity (Wildman–Crippen MR) is 163 cm³/mol. The molecule has 0 aliphatic carbocycles. The lowest BCUT2D eigenvalue weighted by Gasteiger charge is -2.36. The van der Waals surface area contributed by atoms with E-state index in [1.807, 2.05) is 30.0 Å². The number of carbonyl (C=O) groups is 2. The van der Waals surface area contributed by atoms with Crippen LogP contribution in [0.5, 0.6) is 11.5 Å². The van der Waals surface area contributed by atoms with E-state index in [0.29, 0.717) is 76.8 Å². The van der Waals surface area contributed by atoms with Crippen LogP contribution in [0.4, 0.5) is 5.82 Å². The second-order valence-electron chi connectivity index (χ2n) is 10.3. The standard InChI is InChI=1S/C30H32N4O6S2/c1-4-10-33-26(32-11-6-7-20(16-32)29(37)38-5-2)21(18(3)22(14-31)27(33)35)13-25-28(36)34(30(41)42-25)15-19-8-9-23-24(12-19)40-17-39-23/h8-9,12-13,20H,4-7,10-11,15-17H2,1-3H3. The number of fused-ring (bicyclic) bond motifs is 1. The number of benzene rings is 1. The quantitative estimate of drug-likeness (QED) is 0.244. The Kier molecular flexibility index (Phi) is 8.89. The Morgan fingerprint density at radius 3 is 2.79 bits per heavy atom. The number of nitrogens with zero attached hydrogens (tertiary/aromatic N) is 4. The van der Waals surface area contributed by atoms with Crippen molar-refractivity contribution >= 4 is 52.1 Å². The van der Waals surface area contributed by atoms with Gasteiger partial charge in [0.15, 0.2) is 11.5 Å².